The molecule has 1 aromatic heterocycles. The van der Waals surface area contributed by atoms with Gasteiger partial charge >= 0.3 is 5.69 Å². The smallest absolute Gasteiger partial charge is 0.325 e. The maximum absolute atomic E-state index is 12.0. The van der Waals surface area contributed by atoms with Gasteiger partial charge in [-0.15, -0.1) is 0 Å². The van der Waals surface area contributed by atoms with Gasteiger partial charge < -0.3 is 15.0 Å². The first-order valence-corrected chi connectivity index (χ1v) is 7.65. The first kappa shape index (κ1) is 17.7. The molecule has 128 valence electrons. The molecule has 0 atom stereocenters. The largest absolute Gasteiger partial charge is 0.380 e. The summed E-state index contributed by atoms with van der Waals surface area (Å²) in [5.41, 5.74) is 1.93. The van der Waals surface area contributed by atoms with Crippen molar-refractivity contribution >= 4 is 5.91 Å². The molecule has 2 rings (SSSR count). The summed E-state index contributed by atoms with van der Waals surface area (Å²) >= 11 is 0. The number of aromatic nitrogens is 2. The van der Waals surface area contributed by atoms with Crippen LogP contribution in [-0.2, 0) is 29.1 Å². The maximum Gasteiger partial charge on any atom is 0.325 e. The van der Waals surface area contributed by atoms with Crippen LogP contribution in [0.2, 0.25) is 0 Å². The highest BCUT2D eigenvalue weighted by Crippen LogP contribution is 2.09. The monoisotopic (exact) mass is 331 g/mol. The van der Waals surface area contributed by atoms with Crippen molar-refractivity contribution in [3.63, 3.8) is 0 Å². The van der Waals surface area contributed by atoms with E-state index < -0.39 is 11.2 Å². The molecular formula is C17H21N3O4. The number of hydrogen-bond donors (Lipinski definition) is 3. The third-order valence-electron chi connectivity index (χ3n) is 3.75. The number of carbonyl (C=O) groups excluding carboxylic acids is 1. The fraction of sp³-hybridized carbons (Fsp3) is 0.353. The van der Waals surface area contributed by atoms with Crippen LogP contribution in [0.25, 0.3) is 0 Å². The Balaban J connectivity index is 1.93. The van der Waals surface area contributed by atoms with E-state index in [0.717, 1.165) is 11.1 Å². The van der Waals surface area contributed by atoms with Crippen molar-refractivity contribution in [3.8, 4) is 0 Å². The molecule has 3 N–H and O–H groups in total. The SMILES string of the molecule is COCc1ccccc1CNC(=O)CCc1c(C)[nH]c(=O)[nH]c1=O. The van der Waals surface area contributed by atoms with E-state index in [1.54, 1.807) is 14.0 Å². The Bertz CT molecular complexity index is 823. The van der Waals surface area contributed by atoms with Gasteiger partial charge in [0.1, 0.15) is 0 Å². The zero-order valence-corrected chi connectivity index (χ0v) is 13.8. The number of methoxy groups -OCH3 is 1. The third-order valence-corrected chi connectivity index (χ3v) is 3.75. The molecule has 0 bridgehead atoms. The molecule has 0 aliphatic rings. The second kappa shape index (κ2) is 8.26. The number of rotatable bonds is 7. The lowest BCUT2D eigenvalue weighted by molar-refractivity contribution is -0.121. The van der Waals surface area contributed by atoms with Crippen LogP contribution in [0, 0.1) is 6.92 Å². The minimum atomic E-state index is -0.541. The van der Waals surface area contributed by atoms with Gasteiger partial charge in [0.15, 0.2) is 0 Å². The average molecular weight is 331 g/mol. The lowest BCUT2D eigenvalue weighted by Crippen LogP contribution is -2.29. The average Bonchev–Trinajstić information content (AvgIpc) is 2.53. The topological polar surface area (TPSA) is 104 Å². The molecule has 0 saturated carbocycles. The molecule has 1 heterocycles. The fourth-order valence-corrected chi connectivity index (χ4v) is 2.47. The van der Waals surface area contributed by atoms with Crippen molar-refractivity contribution in [3.05, 3.63) is 67.5 Å². The van der Waals surface area contributed by atoms with E-state index in [1.807, 2.05) is 24.3 Å². The third kappa shape index (κ3) is 4.66. The van der Waals surface area contributed by atoms with Crippen molar-refractivity contribution in [2.24, 2.45) is 0 Å². The van der Waals surface area contributed by atoms with Crippen molar-refractivity contribution < 1.29 is 9.53 Å². The van der Waals surface area contributed by atoms with E-state index in [-0.39, 0.29) is 18.7 Å². The predicted molar refractivity (Wildman–Crippen MR) is 89.7 cm³/mol. The van der Waals surface area contributed by atoms with E-state index in [4.69, 9.17) is 4.74 Å². The Kier molecular flexibility index (Phi) is 6.08. The summed E-state index contributed by atoms with van der Waals surface area (Å²) in [6, 6.07) is 7.72. The van der Waals surface area contributed by atoms with Crippen molar-refractivity contribution in [2.75, 3.05) is 7.11 Å². The van der Waals surface area contributed by atoms with Crippen LogP contribution in [0.1, 0.15) is 28.8 Å². The van der Waals surface area contributed by atoms with Gasteiger partial charge in [0, 0.05) is 31.3 Å². The molecule has 0 radical (unpaired) electrons. The summed E-state index contributed by atoms with van der Waals surface area (Å²) in [5, 5.41) is 2.84. The van der Waals surface area contributed by atoms with Crippen LogP contribution in [0.3, 0.4) is 0 Å². The number of ether oxygens (including phenoxy) is 1. The second-order valence-corrected chi connectivity index (χ2v) is 5.49. The highest BCUT2D eigenvalue weighted by atomic mass is 16.5. The number of aromatic amines is 2. The zero-order chi connectivity index (χ0) is 17.5. The first-order chi connectivity index (χ1) is 11.5. The van der Waals surface area contributed by atoms with Crippen LogP contribution in [0.5, 0.6) is 0 Å². The van der Waals surface area contributed by atoms with E-state index in [1.165, 1.54) is 0 Å². The molecule has 0 unspecified atom stereocenters. The Hall–Kier alpha value is -2.67. The molecular weight excluding hydrogens is 310 g/mol. The molecule has 7 heteroatoms. The molecule has 0 aliphatic heterocycles. The van der Waals surface area contributed by atoms with E-state index in [9.17, 15) is 14.4 Å². The minimum absolute atomic E-state index is 0.160. The summed E-state index contributed by atoms with van der Waals surface area (Å²) in [6.07, 6.45) is 0.436. The molecule has 1 amide bonds. The second-order valence-electron chi connectivity index (χ2n) is 5.49. The normalized spacial score (nSPS) is 10.6. The van der Waals surface area contributed by atoms with Gasteiger partial charge in [-0.3, -0.25) is 14.6 Å². The Morgan fingerprint density at radius 3 is 2.54 bits per heavy atom. The standard InChI is InChI=1S/C17H21N3O4/c1-11-14(16(22)20-17(23)19-11)7-8-15(21)18-9-12-5-3-4-6-13(12)10-24-2/h3-6H,7-10H2,1-2H3,(H,18,21)(H2,19,20,22,23). The molecule has 0 saturated heterocycles. The molecule has 0 fully saturated rings. The molecule has 0 spiro atoms. The minimum Gasteiger partial charge on any atom is -0.380 e. The van der Waals surface area contributed by atoms with E-state index in [0.29, 0.717) is 24.4 Å². The number of amides is 1. The highest BCUT2D eigenvalue weighted by molar-refractivity contribution is 5.76. The molecule has 2 aromatic rings. The van der Waals surface area contributed by atoms with E-state index in [2.05, 4.69) is 15.3 Å². The summed E-state index contributed by atoms with van der Waals surface area (Å²) in [5.74, 6) is -0.160. The van der Waals surface area contributed by atoms with Crippen LogP contribution in [-0.4, -0.2) is 23.0 Å². The highest BCUT2D eigenvalue weighted by Gasteiger charge is 2.09. The van der Waals surface area contributed by atoms with Gasteiger partial charge in [-0.25, -0.2) is 4.79 Å². The summed E-state index contributed by atoms with van der Waals surface area (Å²) in [4.78, 5) is 39.6. The van der Waals surface area contributed by atoms with Gasteiger partial charge in [-0.05, 0) is 24.5 Å². The van der Waals surface area contributed by atoms with Crippen LogP contribution in [0.15, 0.2) is 33.9 Å². The van der Waals surface area contributed by atoms with Crippen molar-refractivity contribution in [1.29, 1.82) is 0 Å². The number of H-pyrrole nitrogens is 2. The molecule has 0 aliphatic carbocycles. The van der Waals surface area contributed by atoms with Crippen molar-refractivity contribution in [2.45, 2.75) is 32.9 Å². The number of hydrogen-bond acceptors (Lipinski definition) is 4. The summed E-state index contributed by atoms with van der Waals surface area (Å²) in [6.45, 7) is 2.53. The molecule has 7 nitrogen and oxygen atoms in total. The van der Waals surface area contributed by atoms with Gasteiger partial charge in [0.2, 0.25) is 5.91 Å². The Morgan fingerprint density at radius 2 is 1.88 bits per heavy atom. The fourth-order valence-electron chi connectivity index (χ4n) is 2.47. The lowest BCUT2D eigenvalue weighted by atomic mass is 10.1. The van der Waals surface area contributed by atoms with Crippen LogP contribution < -0.4 is 16.6 Å². The molecule has 24 heavy (non-hydrogen) atoms. The lowest BCUT2D eigenvalue weighted by Gasteiger charge is -2.10. The Morgan fingerprint density at radius 1 is 1.17 bits per heavy atom. The number of carbonyl (C=O) groups is 1. The van der Waals surface area contributed by atoms with Gasteiger partial charge in [0.25, 0.3) is 5.56 Å². The number of benzene rings is 1. The zero-order valence-electron chi connectivity index (χ0n) is 13.8. The predicted octanol–water partition coefficient (Wildman–Crippen LogP) is 0.767. The van der Waals surface area contributed by atoms with Crippen LogP contribution in [0.4, 0.5) is 0 Å². The van der Waals surface area contributed by atoms with Crippen LogP contribution >= 0.6 is 0 Å². The van der Waals surface area contributed by atoms with Gasteiger partial charge in [-0.1, -0.05) is 24.3 Å². The van der Waals surface area contributed by atoms with Gasteiger partial charge in [-0.2, -0.15) is 0 Å². The summed E-state index contributed by atoms with van der Waals surface area (Å²) < 4.78 is 5.14. The van der Waals surface area contributed by atoms with E-state index >= 15 is 0 Å². The maximum atomic E-state index is 12.0. The molecule has 1 aromatic carbocycles. The Labute approximate surface area is 139 Å². The number of nitrogens with one attached hydrogen (secondary N) is 3. The number of aryl methyl sites for hydroxylation is 1. The van der Waals surface area contributed by atoms with Gasteiger partial charge in [0.05, 0.1) is 6.61 Å². The quantitative estimate of drug-likeness (QED) is 0.697. The van der Waals surface area contributed by atoms with Crippen molar-refractivity contribution in [1.82, 2.24) is 15.3 Å². The first-order valence-electron chi connectivity index (χ1n) is 7.65. The summed E-state index contributed by atoms with van der Waals surface area (Å²) in [7, 11) is 1.62.